The molecule has 0 heterocycles. The second-order valence-corrected chi connectivity index (χ2v) is 9.72. The Morgan fingerprint density at radius 1 is 1.14 bits per heavy atom. The average molecular weight is 491 g/mol. The molecule has 0 unspecified atom stereocenters. The molecule has 0 aliphatic heterocycles. The van der Waals surface area contributed by atoms with Crippen molar-refractivity contribution in [2.75, 3.05) is 13.7 Å². The number of unbranched alkanes of at least 4 members (excludes halogenated alkanes) is 2. The lowest BCUT2D eigenvalue weighted by molar-refractivity contribution is -0.147. The second kappa shape index (κ2) is 12.8. The number of hydrogen-bond acceptors (Lipinski definition) is 7. The van der Waals surface area contributed by atoms with Crippen molar-refractivity contribution in [3.63, 3.8) is 0 Å². The molecule has 1 fully saturated rings. The molecule has 1 aromatic rings. The first-order valence-corrected chi connectivity index (χ1v) is 12.7. The lowest BCUT2D eigenvalue weighted by atomic mass is 9.73. The van der Waals surface area contributed by atoms with Crippen LogP contribution in [-0.2, 0) is 36.6 Å². The van der Waals surface area contributed by atoms with Crippen molar-refractivity contribution in [2.24, 2.45) is 17.8 Å². The maximum absolute atomic E-state index is 12.0. The van der Waals surface area contributed by atoms with Crippen LogP contribution in [0.25, 0.3) is 0 Å². The summed E-state index contributed by atoms with van der Waals surface area (Å²) in [7, 11) is 1.31. The Balaban J connectivity index is 1.76. The van der Waals surface area contributed by atoms with E-state index in [1.54, 1.807) is 0 Å². The normalized spacial score (nSPS) is 23.5. The zero-order valence-electron chi connectivity index (χ0n) is 21.0. The maximum Gasteiger partial charge on any atom is 0.508 e. The third-order valence-electron chi connectivity index (χ3n) is 7.37. The summed E-state index contributed by atoms with van der Waals surface area (Å²) >= 11 is 0. The zero-order chi connectivity index (χ0) is 25.4. The maximum atomic E-state index is 12.0. The van der Waals surface area contributed by atoms with Crippen molar-refractivity contribution in [3.05, 3.63) is 29.3 Å². The molecule has 1 N–H and O–H groups in total. The first-order chi connectivity index (χ1) is 16.8. The number of carboxylic acids is 1. The number of ether oxygens (including phenoxy) is 4. The summed E-state index contributed by atoms with van der Waals surface area (Å²) in [4.78, 5) is 34.7. The summed E-state index contributed by atoms with van der Waals surface area (Å²) in [5, 5.41) is 9.02. The molecule has 0 bridgehead atoms. The van der Waals surface area contributed by atoms with Crippen LogP contribution < -0.4 is 4.74 Å². The third kappa shape index (κ3) is 7.36. The second-order valence-electron chi connectivity index (χ2n) is 9.72. The van der Waals surface area contributed by atoms with Gasteiger partial charge in [-0.2, -0.15) is 0 Å². The summed E-state index contributed by atoms with van der Waals surface area (Å²) in [6.07, 6.45) is 6.75. The number of carboxylic acid groups (broad SMARTS) is 1. The number of fused-ring (bicyclic) bond motifs is 2. The number of carbonyl (C=O) groups is 3. The molecule has 194 valence electrons. The first-order valence-electron chi connectivity index (χ1n) is 12.7. The van der Waals surface area contributed by atoms with Gasteiger partial charge in [0.2, 0.25) is 0 Å². The van der Waals surface area contributed by atoms with E-state index < -0.39 is 12.1 Å². The number of carbonyl (C=O) groups excluding carboxylic acids is 2. The minimum atomic E-state index is -1.01. The molecule has 2 aliphatic carbocycles. The van der Waals surface area contributed by atoms with Crippen molar-refractivity contribution >= 4 is 18.1 Å². The molecule has 0 saturated heterocycles. The summed E-state index contributed by atoms with van der Waals surface area (Å²) in [6, 6.07) is 5.78. The van der Waals surface area contributed by atoms with Crippen molar-refractivity contribution in [1.82, 2.24) is 0 Å². The Morgan fingerprint density at radius 2 is 1.94 bits per heavy atom. The van der Waals surface area contributed by atoms with Crippen LogP contribution in [0.4, 0.5) is 4.79 Å². The van der Waals surface area contributed by atoms with Gasteiger partial charge in [-0.15, -0.1) is 0 Å². The van der Waals surface area contributed by atoms with Gasteiger partial charge >= 0.3 is 18.1 Å². The van der Waals surface area contributed by atoms with Crippen molar-refractivity contribution < 1.29 is 38.4 Å². The molecule has 0 amide bonds. The van der Waals surface area contributed by atoms with Gasteiger partial charge in [0.15, 0.2) is 6.61 Å². The number of esters is 1. The monoisotopic (exact) mass is 490 g/mol. The van der Waals surface area contributed by atoms with E-state index in [0.717, 1.165) is 62.5 Å². The minimum Gasteiger partial charge on any atom is -0.482 e. The van der Waals surface area contributed by atoms with Crippen LogP contribution in [0.3, 0.4) is 0 Å². The minimum absolute atomic E-state index is 0.125. The highest BCUT2D eigenvalue weighted by molar-refractivity contribution is 5.68. The SMILES string of the molecule is CCCCC[C@@H](CC[C@@H]1[C@H]2Cc3cccc(OCC(=O)O)c3C[C@H]2C[C@H]1OC(=O)OC)OC(C)=O. The molecule has 3 rings (SSSR count). The van der Waals surface area contributed by atoms with Crippen LogP contribution in [0.5, 0.6) is 5.75 Å². The van der Waals surface area contributed by atoms with E-state index in [1.807, 2.05) is 12.1 Å². The predicted molar refractivity (Wildman–Crippen MR) is 128 cm³/mol. The van der Waals surface area contributed by atoms with Gasteiger partial charge in [-0.05, 0) is 79.9 Å². The Labute approximate surface area is 207 Å². The first kappa shape index (κ1) is 26.8. The van der Waals surface area contributed by atoms with Crippen LogP contribution in [0, 0.1) is 17.8 Å². The quantitative estimate of drug-likeness (QED) is 0.324. The number of methoxy groups -OCH3 is 1. The van der Waals surface area contributed by atoms with Crippen LogP contribution >= 0.6 is 0 Å². The van der Waals surface area contributed by atoms with Crippen molar-refractivity contribution in [1.29, 1.82) is 0 Å². The molecule has 2 aliphatic rings. The third-order valence-corrected chi connectivity index (χ3v) is 7.37. The summed E-state index contributed by atoms with van der Waals surface area (Å²) < 4.78 is 21.7. The number of benzene rings is 1. The van der Waals surface area contributed by atoms with Gasteiger partial charge in [-0.3, -0.25) is 4.79 Å². The van der Waals surface area contributed by atoms with Gasteiger partial charge in [0, 0.05) is 6.92 Å². The Hall–Kier alpha value is -2.77. The summed E-state index contributed by atoms with van der Waals surface area (Å²) in [5.74, 6) is 0.0522. The van der Waals surface area contributed by atoms with Gasteiger partial charge in [0.1, 0.15) is 18.0 Å². The topological polar surface area (TPSA) is 108 Å². The Kier molecular flexibility index (Phi) is 9.81. The van der Waals surface area contributed by atoms with E-state index in [2.05, 4.69) is 13.0 Å². The Morgan fingerprint density at radius 3 is 2.63 bits per heavy atom. The predicted octanol–water partition coefficient (Wildman–Crippen LogP) is 4.94. The van der Waals surface area contributed by atoms with Gasteiger partial charge in [0.05, 0.1) is 7.11 Å². The Bertz CT molecular complexity index is 882. The fraction of sp³-hybridized carbons (Fsp3) is 0.667. The smallest absolute Gasteiger partial charge is 0.482 e. The van der Waals surface area contributed by atoms with Gasteiger partial charge in [-0.25, -0.2) is 9.59 Å². The molecular formula is C27H38O8. The largest absolute Gasteiger partial charge is 0.508 e. The number of rotatable bonds is 12. The molecule has 0 radical (unpaired) electrons. The van der Waals surface area contributed by atoms with Gasteiger partial charge in [-0.1, -0.05) is 31.9 Å². The standard InChI is InChI=1S/C27H38O8/c1-4-5-6-9-20(34-17(2)28)11-12-21-22-13-18-8-7-10-24(33-16-26(29)30)23(18)14-19(22)15-25(21)35-27(31)32-3/h7-8,10,19-22,25H,4-6,9,11-16H2,1-3H3,(H,29,30)/t19-,20-,21+,22-,25+/m0/s1. The van der Waals surface area contributed by atoms with E-state index in [-0.39, 0.29) is 36.6 Å². The highest BCUT2D eigenvalue weighted by Crippen LogP contribution is 2.49. The number of aliphatic carboxylic acids is 1. The molecular weight excluding hydrogens is 452 g/mol. The summed E-state index contributed by atoms with van der Waals surface area (Å²) in [5.41, 5.74) is 2.20. The summed E-state index contributed by atoms with van der Waals surface area (Å²) in [6.45, 7) is 3.22. The lowest BCUT2D eigenvalue weighted by Gasteiger charge is -2.33. The molecule has 1 saturated carbocycles. The van der Waals surface area contributed by atoms with Crippen LogP contribution in [0.1, 0.15) is 69.9 Å². The average Bonchev–Trinajstić information content (AvgIpc) is 3.14. The van der Waals surface area contributed by atoms with E-state index in [0.29, 0.717) is 18.1 Å². The fourth-order valence-electron chi connectivity index (χ4n) is 5.86. The molecule has 0 aromatic heterocycles. The van der Waals surface area contributed by atoms with Gasteiger partial charge < -0.3 is 24.1 Å². The van der Waals surface area contributed by atoms with E-state index >= 15 is 0 Å². The van der Waals surface area contributed by atoms with Crippen LogP contribution in [0.15, 0.2) is 18.2 Å². The molecule has 1 aromatic carbocycles. The highest BCUT2D eigenvalue weighted by atomic mass is 16.7. The molecule has 0 spiro atoms. The molecule has 8 nitrogen and oxygen atoms in total. The lowest BCUT2D eigenvalue weighted by Crippen LogP contribution is -2.30. The highest BCUT2D eigenvalue weighted by Gasteiger charge is 2.47. The van der Waals surface area contributed by atoms with E-state index in [4.69, 9.17) is 24.1 Å². The molecule has 35 heavy (non-hydrogen) atoms. The van der Waals surface area contributed by atoms with Gasteiger partial charge in [0.25, 0.3) is 0 Å². The van der Waals surface area contributed by atoms with Crippen molar-refractivity contribution in [2.45, 2.75) is 83.8 Å². The van der Waals surface area contributed by atoms with Crippen LogP contribution in [-0.4, -0.2) is 49.1 Å². The van der Waals surface area contributed by atoms with E-state index in [1.165, 1.54) is 14.0 Å². The van der Waals surface area contributed by atoms with Crippen LogP contribution in [0.2, 0.25) is 0 Å². The zero-order valence-corrected chi connectivity index (χ0v) is 21.0. The van der Waals surface area contributed by atoms with Crippen molar-refractivity contribution in [3.8, 4) is 5.75 Å². The van der Waals surface area contributed by atoms with E-state index in [9.17, 15) is 14.4 Å². The fourth-order valence-corrected chi connectivity index (χ4v) is 5.86. The number of hydrogen-bond donors (Lipinski definition) is 1. The molecule has 5 atom stereocenters. The molecule has 8 heteroatoms.